The predicted octanol–water partition coefficient (Wildman–Crippen LogP) is 2.26. The first-order chi connectivity index (χ1) is 12.2. The van der Waals surface area contributed by atoms with Gasteiger partial charge in [0.05, 0.1) is 0 Å². The molecule has 2 heterocycles. The highest BCUT2D eigenvalue weighted by Gasteiger charge is 2.17. The maximum atomic E-state index is 12.3. The SMILES string of the molecule is C[C@@H](Nc1ccc2c(c1)OCO2)C(=O)NCc1ccc2c(c1)OCO2. The summed E-state index contributed by atoms with van der Waals surface area (Å²) >= 11 is 0. The summed E-state index contributed by atoms with van der Waals surface area (Å²) < 4.78 is 21.2. The fourth-order valence-electron chi connectivity index (χ4n) is 2.70. The maximum Gasteiger partial charge on any atom is 0.242 e. The van der Waals surface area contributed by atoms with E-state index in [1.165, 1.54) is 0 Å². The molecule has 7 heteroatoms. The molecule has 0 fully saturated rings. The average Bonchev–Trinajstić information content (AvgIpc) is 3.27. The molecule has 0 saturated carbocycles. The summed E-state index contributed by atoms with van der Waals surface area (Å²) in [6.07, 6.45) is 0. The van der Waals surface area contributed by atoms with Crippen molar-refractivity contribution in [3.05, 3.63) is 42.0 Å². The van der Waals surface area contributed by atoms with E-state index in [1.54, 1.807) is 6.92 Å². The van der Waals surface area contributed by atoms with Crippen LogP contribution in [-0.2, 0) is 11.3 Å². The second kappa shape index (κ2) is 6.43. The zero-order valence-corrected chi connectivity index (χ0v) is 13.7. The molecule has 2 N–H and O–H groups in total. The molecule has 7 nitrogen and oxygen atoms in total. The lowest BCUT2D eigenvalue weighted by molar-refractivity contribution is -0.121. The van der Waals surface area contributed by atoms with Crippen LogP contribution in [0.1, 0.15) is 12.5 Å². The number of hydrogen-bond acceptors (Lipinski definition) is 6. The Morgan fingerprint density at radius 1 is 0.960 bits per heavy atom. The molecule has 4 rings (SSSR count). The molecule has 0 radical (unpaired) electrons. The predicted molar refractivity (Wildman–Crippen MR) is 90.1 cm³/mol. The second-order valence-corrected chi connectivity index (χ2v) is 5.84. The normalized spacial score (nSPS) is 14.9. The highest BCUT2D eigenvalue weighted by molar-refractivity contribution is 5.84. The van der Waals surface area contributed by atoms with E-state index in [2.05, 4.69) is 10.6 Å². The van der Waals surface area contributed by atoms with Gasteiger partial charge in [-0.05, 0) is 36.8 Å². The van der Waals surface area contributed by atoms with Gasteiger partial charge in [-0.3, -0.25) is 4.79 Å². The van der Waals surface area contributed by atoms with Crippen LogP contribution < -0.4 is 29.6 Å². The van der Waals surface area contributed by atoms with Crippen molar-refractivity contribution in [1.82, 2.24) is 5.32 Å². The number of fused-ring (bicyclic) bond motifs is 2. The molecule has 0 bridgehead atoms. The molecule has 1 atom stereocenters. The van der Waals surface area contributed by atoms with Gasteiger partial charge in [0.15, 0.2) is 23.0 Å². The van der Waals surface area contributed by atoms with Gasteiger partial charge in [0, 0.05) is 18.3 Å². The number of carbonyl (C=O) groups excluding carboxylic acids is 1. The van der Waals surface area contributed by atoms with Gasteiger partial charge in [0.25, 0.3) is 0 Å². The third kappa shape index (κ3) is 3.26. The zero-order valence-electron chi connectivity index (χ0n) is 13.7. The molecule has 25 heavy (non-hydrogen) atoms. The molecule has 130 valence electrons. The number of ether oxygens (including phenoxy) is 4. The van der Waals surface area contributed by atoms with Crippen LogP contribution >= 0.6 is 0 Å². The molecule has 0 saturated heterocycles. The number of rotatable bonds is 5. The second-order valence-electron chi connectivity index (χ2n) is 5.84. The van der Waals surface area contributed by atoms with Crippen molar-refractivity contribution in [1.29, 1.82) is 0 Å². The van der Waals surface area contributed by atoms with E-state index >= 15 is 0 Å². The van der Waals surface area contributed by atoms with Gasteiger partial charge in [0.2, 0.25) is 19.5 Å². The molecule has 0 unspecified atom stereocenters. The van der Waals surface area contributed by atoms with E-state index in [9.17, 15) is 4.79 Å². The number of hydrogen-bond donors (Lipinski definition) is 2. The van der Waals surface area contributed by atoms with Crippen LogP contribution in [0.2, 0.25) is 0 Å². The van der Waals surface area contributed by atoms with Gasteiger partial charge in [0.1, 0.15) is 6.04 Å². The number of benzene rings is 2. The summed E-state index contributed by atoms with van der Waals surface area (Å²) in [5, 5.41) is 6.07. The van der Waals surface area contributed by atoms with Crippen molar-refractivity contribution in [3.8, 4) is 23.0 Å². The topological polar surface area (TPSA) is 78.1 Å². The van der Waals surface area contributed by atoms with Gasteiger partial charge in [-0.25, -0.2) is 0 Å². The van der Waals surface area contributed by atoms with Crippen molar-refractivity contribution >= 4 is 11.6 Å². The average molecular weight is 342 g/mol. The Balaban J connectivity index is 1.33. The van der Waals surface area contributed by atoms with Crippen LogP contribution in [0.5, 0.6) is 23.0 Å². The highest BCUT2D eigenvalue weighted by Crippen LogP contribution is 2.34. The van der Waals surface area contributed by atoms with Crippen molar-refractivity contribution in [2.24, 2.45) is 0 Å². The summed E-state index contributed by atoms with van der Waals surface area (Å²) in [7, 11) is 0. The Morgan fingerprint density at radius 2 is 1.60 bits per heavy atom. The van der Waals surface area contributed by atoms with Crippen LogP contribution in [0.3, 0.4) is 0 Å². The van der Waals surface area contributed by atoms with Crippen LogP contribution in [-0.4, -0.2) is 25.5 Å². The van der Waals surface area contributed by atoms with Crippen molar-refractivity contribution in [3.63, 3.8) is 0 Å². The molecule has 0 spiro atoms. The van der Waals surface area contributed by atoms with Crippen LogP contribution in [0.25, 0.3) is 0 Å². The molecule has 2 aromatic carbocycles. The van der Waals surface area contributed by atoms with Gasteiger partial charge >= 0.3 is 0 Å². The third-order valence-corrected chi connectivity index (χ3v) is 4.05. The summed E-state index contributed by atoms with van der Waals surface area (Å²) in [6.45, 7) is 2.69. The van der Waals surface area contributed by atoms with Gasteiger partial charge < -0.3 is 29.6 Å². The lowest BCUT2D eigenvalue weighted by Crippen LogP contribution is -2.37. The fourth-order valence-corrected chi connectivity index (χ4v) is 2.70. The minimum Gasteiger partial charge on any atom is -0.454 e. The lowest BCUT2D eigenvalue weighted by Gasteiger charge is -2.15. The molecule has 0 aromatic heterocycles. The molecule has 1 amide bonds. The summed E-state index contributed by atoms with van der Waals surface area (Å²) in [6, 6.07) is 10.7. The summed E-state index contributed by atoms with van der Waals surface area (Å²) in [4.78, 5) is 12.3. The Kier molecular flexibility index (Phi) is 3.97. The van der Waals surface area contributed by atoms with Crippen molar-refractivity contribution < 1.29 is 23.7 Å². The largest absolute Gasteiger partial charge is 0.454 e. The van der Waals surface area contributed by atoms with Gasteiger partial charge in [-0.1, -0.05) is 6.07 Å². The molecular weight excluding hydrogens is 324 g/mol. The quantitative estimate of drug-likeness (QED) is 0.868. The standard InChI is InChI=1S/C18H18N2O5/c1-11(20-13-3-5-15-17(7-13)25-10-23-15)18(21)19-8-12-2-4-14-16(6-12)24-9-22-14/h2-7,11,20H,8-10H2,1H3,(H,19,21)/t11-/m1/s1. The monoisotopic (exact) mass is 342 g/mol. The van der Waals surface area contributed by atoms with Crippen LogP contribution in [0.4, 0.5) is 5.69 Å². The first-order valence-corrected chi connectivity index (χ1v) is 8.01. The van der Waals surface area contributed by atoms with E-state index in [1.807, 2.05) is 36.4 Å². The minimum atomic E-state index is -0.394. The summed E-state index contributed by atoms with van der Waals surface area (Å²) in [5.74, 6) is 2.73. The van der Waals surface area contributed by atoms with E-state index < -0.39 is 6.04 Å². The van der Waals surface area contributed by atoms with Crippen molar-refractivity contribution in [2.45, 2.75) is 19.5 Å². The molecule has 2 aliphatic rings. The third-order valence-electron chi connectivity index (χ3n) is 4.05. The first kappa shape index (κ1) is 15.4. The van der Waals surface area contributed by atoms with Crippen LogP contribution in [0.15, 0.2) is 36.4 Å². The van der Waals surface area contributed by atoms with E-state index in [-0.39, 0.29) is 19.5 Å². The Morgan fingerprint density at radius 3 is 2.36 bits per heavy atom. The minimum absolute atomic E-state index is 0.102. The smallest absolute Gasteiger partial charge is 0.242 e. The number of amides is 1. The maximum absolute atomic E-state index is 12.3. The number of carbonyl (C=O) groups is 1. The Bertz CT molecular complexity index is 808. The number of anilines is 1. The van der Waals surface area contributed by atoms with Crippen LogP contribution in [0, 0.1) is 0 Å². The molecule has 2 aromatic rings. The Hall–Kier alpha value is -3.09. The molecular formula is C18H18N2O5. The van der Waals surface area contributed by atoms with E-state index in [0.29, 0.717) is 23.8 Å². The Labute approximate surface area is 144 Å². The van der Waals surface area contributed by atoms with Gasteiger partial charge in [-0.2, -0.15) is 0 Å². The first-order valence-electron chi connectivity index (χ1n) is 8.01. The molecule has 0 aliphatic carbocycles. The lowest BCUT2D eigenvalue weighted by atomic mass is 10.2. The van der Waals surface area contributed by atoms with E-state index in [4.69, 9.17) is 18.9 Å². The van der Waals surface area contributed by atoms with E-state index in [0.717, 1.165) is 17.0 Å². The summed E-state index contributed by atoms with van der Waals surface area (Å²) in [5.41, 5.74) is 1.75. The zero-order chi connectivity index (χ0) is 17.2. The number of nitrogens with one attached hydrogen (secondary N) is 2. The van der Waals surface area contributed by atoms with Crippen molar-refractivity contribution in [2.75, 3.05) is 18.9 Å². The van der Waals surface area contributed by atoms with Gasteiger partial charge in [-0.15, -0.1) is 0 Å². The highest BCUT2D eigenvalue weighted by atomic mass is 16.7. The fraction of sp³-hybridized carbons (Fsp3) is 0.278. The molecule has 2 aliphatic heterocycles.